The highest BCUT2D eigenvalue weighted by Gasteiger charge is 2.03. The lowest BCUT2D eigenvalue weighted by molar-refractivity contribution is -0.136. The molecule has 3 nitrogen and oxygen atoms in total. The average molecular weight is 271 g/mol. The molecule has 0 atom stereocenters. The van der Waals surface area contributed by atoms with Crippen molar-refractivity contribution < 1.29 is 14.7 Å². The monoisotopic (exact) mass is 270 g/mol. The number of rotatable bonds is 5. The van der Waals surface area contributed by atoms with E-state index in [2.05, 4.69) is 15.9 Å². The molecule has 1 aromatic rings. The summed E-state index contributed by atoms with van der Waals surface area (Å²) >= 11 is 3.31. The van der Waals surface area contributed by atoms with Gasteiger partial charge in [-0.1, -0.05) is 22.0 Å². The van der Waals surface area contributed by atoms with Gasteiger partial charge < -0.3 is 9.90 Å². The Bertz CT molecular complexity index is 374. The van der Waals surface area contributed by atoms with Crippen molar-refractivity contribution in [1.29, 1.82) is 0 Å². The van der Waals surface area contributed by atoms with Gasteiger partial charge in [-0.15, -0.1) is 0 Å². The highest BCUT2D eigenvalue weighted by atomic mass is 79.9. The van der Waals surface area contributed by atoms with Gasteiger partial charge in [0.15, 0.2) is 0 Å². The van der Waals surface area contributed by atoms with E-state index in [0.717, 1.165) is 21.9 Å². The van der Waals surface area contributed by atoms with Crippen LogP contribution in [0.3, 0.4) is 0 Å². The first-order chi connectivity index (χ1) is 7.11. The van der Waals surface area contributed by atoms with Crippen LogP contribution in [0.1, 0.15) is 17.5 Å². The van der Waals surface area contributed by atoms with E-state index in [1.807, 2.05) is 12.1 Å². The maximum absolute atomic E-state index is 10.5. The summed E-state index contributed by atoms with van der Waals surface area (Å²) in [6.45, 7) is 0. The minimum Gasteiger partial charge on any atom is -0.481 e. The van der Waals surface area contributed by atoms with Crippen molar-refractivity contribution in [1.82, 2.24) is 0 Å². The second-order valence-corrected chi connectivity index (χ2v) is 4.16. The van der Waals surface area contributed by atoms with Gasteiger partial charge in [0.2, 0.25) is 0 Å². The Morgan fingerprint density at radius 3 is 2.60 bits per heavy atom. The van der Waals surface area contributed by atoms with Crippen LogP contribution in [-0.4, -0.2) is 17.4 Å². The van der Waals surface area contributed by atoms with E-state index >= 15 is 0 Å². The first kappa shape index (κ1) is 11.9. The van der Waals surface area contributed by atoms with Crippen molar-refractivity contribution in [3.63, 3.8) is 0 Å². The Hall–Kier alpha value is -1.16. The van der Waals surface area contributed by atoms with Gasteiger partial charge in [0.1, 0.15) is 6.29 Å². The van der Waals surface area contributed by atoms with Gasteiger partial charge >= 0.3 is 5.97 Å². The van der Waals surface area contributed by atoms with Crippen molar-refractivity contribution in [3.8, 4) is 0 Å². The Kier molecular flexibility index (Phi) is 4.49. The SMILES string of the molecule is O=CCCc1cc(Br)cc(CC(=O)O)c1. The summed E-state index contributed by atoms with van der Waals surface area (Å²) in [5.41, 5.74) is 1.73. The molecule has 15 heavy (non-hydrogen) atoms. The minimum absolute atomic E-state index is 0.00747. The zero-order valence-electron chi connectivity index (χ0n) is 8.07. The van der Waals surface area contributed by atoms with Gasteiger partial charge in [-0.25, -0.2) is 0 Å². The van der Waals surface area contributed by atoms with E-state index in [4.69, 9.17) is 5.11 Å². The smallest absolute Gasteiger partial charge is 0.307 e. The van der Waals surface area contributed by atoms with Gasteiger partial charge in [0, 0.05) is 10.9 Å². The van der Waals surface area contributed by atoms with Crippen LogP contribution in [0.25, 0.3) is 0 Å². The molecule has 1 N–H and O–H groups in total. The Labute approximate surface area is 96.2 Å². The molecule has 0 aliphatic rings. The molecule has 1 aromatic carbocycles. The molecule has 0 aliphatic heterocycles. The fourth-order valence-electron chi connectivity index (χ4n) is 1.36. The molecule has 0 bridgehead atoms. The molecule has 0 aliphatic carbocycles. The topological polar surface area (TPSA) is 54.4 Å². The van der Waals surface area contributed by atoms with Crippen molar-refractivity contribution in [2.45, 2.75) is 19.3 Å². The molecule has 0 spiro atoms. The number of hydrogen-bond donors (Lipinski definition) is 1. The minimum atomic E-state index is -0.852. The third kappa shape index (κ3) is 4.25. The number of carboxylic acid groups (broad SMARTS) is 1. The number of hydrogen-bond acceptors (Lipinski definition) is 2. The molecule has 0 heterocycles. The average Bonchev–Trinajstić information content (AvgIpc) is 2.12. The van der Waals surface area contributed by atoms with Crippen LogP contribution in [0.2, 0.25) is 0 Å². The molecule has 1 rings (SSSR count). The highest BCUT2D eigenvalue weighted by Crippen LogP contribution is 2.17. The zero-order chi connectivity index (χ0) is 11.3. The fraction of sp³-hybridized carbons (Fsp3) is 0.273. The summed E-state index contributed by atoms with van der Waals surface area (Å²) in [5.74, 6) is -0.852. The third-order valence-corrected chi connectivity index (χ3v) is 2.38. The number of carbonyl (C=O) groups excluding carboxylic acids is 1. The van der Waals surface area contributed by atoms with Crippen molar-refractivity contribution in [3.05, 3.63) is 33.8 Å². The molecule has 0 saturated carbocycles. The zero-order valence-corrected chi connectivity index (χ0v) is 9.66. The summed E-state index contributed by atoms with van der Waals surface area (Å²) < 4.78 is 0.849. The van der Waals surface area contributed by atoms with Crippen molar-refractivity contribution >= 4 is 28.2 Å². The number of benzene rings is 1. The van der Waals surface area contributed by atoms with Gasteiger partial charge in [-0.2, -0.15) is 0 Å². The second-order valence-electron chi connectivity index (χ2n) is 3.24. The number of carbonyl (C=O) groups is 2. The normalized spacial score (nSPS) is 9.93. The van der Waals surface area contributed by atoms with Gasteiger partial charge in [0.25, 0.3) is 0 Å². The van der Waals surface area contributed by atoms with E-state index in [0.29, 0.717) is 12.8 Å². The molecule has 0 radical (unpaired) electrons. The van der Waals surface area contributed by atoms with Crippen LogP contribution in [0, 0.1) is 0 Å². The van der Waals surface area contributed by atoms with E-state index in [1.165, 1.54) is 0 Å². The number of aliphatic carboxylic acids is 1. The molecule has 4 heteroatoms. The standard InChI is InChI=1S/C11H11BrO3/c12-10-5-8(2-1-3-13)4-9(6-10)7-11(14)15/h3-6H,1-2,7H2,(H,14,15). The summed E-state index contributed by atoms with van der Waals surface area (Å²) in [5, 5.41) is 8.65. The lowest BCUT2D eigenvalue weighted by atomic mass is 10.1. The lowest BCUT2D eigenvalue weighted by Crippen LogP contribution is -2.01. The Morgan fingerprint density at radius 1 is 1.33 bits per heavy atom. The maximum atomic E-state index is 10.5. The van der Waals surface area contributed by atoms with Crippen LogP contribution in [0.15, 0.2) is 22.7 Å². The number of aryl methyl sites for hydroxylation is 1. The predicted octanol–water partition coefficient (Wildman–Crippen LogP) is 2.21. The lowest BCUT2D eigenvalue weighted by Gasteiger charge is -2.03. The van der Waals surface area contributed by atoms with Gasteiger partial charge in [-0.05, 0) is 29.7 Å². The predicted molar refractivity (Wildman–Crippen MR) is 59.9 cm³/mol. The molecule has 0 unspecified atom stereocenters. The van der Waals surface area contributed by atoms with Crippen molar-refractivity contribution in [2.75, 3.05) is 0 Å². The van der Waals surface area contributed by atoms with Crippen LogP contribution in [0.5, 0.6) is 0 Å². The van der Waals surface area contributed by atoms with Gasteiger partial charge in [-0.3, -0.25) is 4.79 Å². The van der Waals surface area contributed by atoms with E-state index in [1.54, 1.807) is 6.07 Å². The van der Waals surface area contributed by atoms with Crippen LogP contribution < -0.4 is 0 Å². The Morgan fingerprint density at radius 2 is 2.00 bits per heavy atom. The summed E-state index contributed by atoms with van der Waals surface area (Å²) in [6, 6.07) is 5.50. The molecule has 80 valence electrons. The van der Waals surface area contributed by atoms with Crippen LogP contribution >= 0.6 is 15.9 Å². The second kappa shape index (κ2) is 5.66. The first-order valence-corrected chi connectivity index (χ1v) is 5.35. The quantitative estimate of drug-likeness (QED) is 0.835. The molecular formula is C11H11BrO3. The molecule has 0 aromatic heterocycles. The molecule has 0 amide bonds. The highest BCUT2D eigenvalue weighted by molar-refractivity contribution is 9.10. The molecule has 0 fully saturated rings. The molecular weight excluding hydrogens is 260 g/mol. The third-order valence-electron chi connectivity index (χ3n) is 1.92. The van der Waals surface area contributed by atoms with Crippen molar-refractivity contribution in [2.24, 2.45) is 0 Å². The fourth-order valence-corrected chi connectivity index (χ4v) is 1.95. The summed E-state index contributed by atoms with van der Waals surface area (Å²) in [4.78, 5) is 20.8. The Balaban J connectivity index is 2.84. The van der Waals surface area contributed by atoms with Crippen LogP contribution in [0.4, 0.5) is 0 Å². The summed E-state index contributed by atoms with van der Waals surface area (Å²) in [6.07, 6.45) is 1.98. The van der Waals surface area contributed by atoms with Crippen LogP contribution in [-0.2, 0) is 22.4 Å². The largest absolute Gasteiger partial charge is 0.481 e. The maximum Gasteiger partial charge on any atom is 0.307 e. The summed E-state index contributed by atoms with van der Waals surface area (Å²) in [7, 11) is 0. The number of carboxylic acids is 1. The molecule has 0 saturated heterocycles. The van der Waals surface area contributed by atoms with Gasteiger partial charge in [0.05, 0.1) is 6.42 Å². The van der Waals surface area contributed by atoms with E-state index in [-0.39, 0.29) is 6.42 Å². The van der Waals surface area contributed by atoms with E-state index < -0.39 is 5.97 Å². The number of halogens is 1. The first-order valence-electron chi connectivity index (χ1n) is 4.55. The van der Waals surface area contributed by atoms with E-state index in [9.17, 15) is 9.59 Å². The number of aldehydes is 1.